The van der Waals surface area contributed by atoms with Gasteiger partial charge in [0, 0.05) is 19.3 Å². The van der Waals surface area contributed by atoms with Crippen LogP contribution in [0.1, 0.15) is 18.1 Å². The Morgan fingerprint density at radius 1 is 1.17 bits per heavy atom. The standard InChI is InChI=1S/C14H20F3N3O2S/c1-3-18-13(19-8-9-23(2,21)22)20-10-11-4-6-12(7-5-11)14(15,16)17/h4-7H,3,8-10H2,1-2H3,(H2,18,19,20). The van der Waals surface area contributed by atoms with Crippen molar-refractivity contribution in [2.75, 3.05) is 25.1 Å². The first-order chi connectivity index (χ1) is 10.6. The Labute approximate surface area is 133 Å². The quantitative estimate of drug-likeness (QED) is 0.606. The summed E-state index contributed by atoms with van der Waals surface area (Å²) in [6, 6.07) is 4.75. The molecule has 0 amide bonds. The number of benzene rings is 1. The van der Waals surface area contributed by atoms with Crippen LogP contribution >= 0.6 is 0 Å². The van der Waals surface area contributed by atoms with Gasteiger partial charge in [-0.3, -0.25) is 0 Å². The Bertz CT molecular complexity index is 626. The maximum atomic E-state index is 12.5. The van der Waals surface area contributed by atoms with Crippen LogP contribution in [0.25, 0.3) is 0 Å². The fraction of sp³-hybridized carbons (Fsp3) is 0.500. The lowest BCUT2D eigenvalue weighted by atomic mass is 10.1. The second kappa shape index (κ2) is 8.19. The van der Waals surface area contributed by atoms with E-state index < -0.39 is 21.6 Å². The maximum absolute atomic E-state index is 12.5. The van der Waals surface area contributed by atoms with E-state index in [0.717, 1.165) is 18.4 Å². The zero-order valence-corrected chi connectivity index (χ0v) is 13.8. The zero-order chi connectivity index (χ0) is 17.5. The third kappa shape index (κ3) is 7.87. The van der Waals surface area contributed by atoms with Crippen molar-refractivity contribution in [3.63, 3.8) is 0 Å². The molecule has 23 heavy (non-hydrogen) atoms. The first-order valence-corrected chi connectivity index (χ1v) is 9.04. The third-order valence-electron chi connectivity index (χ3n) is 2.81. The van der Waals surface area contributed by atoms with Crippen LogP contribution in [-0.4, -0.2) is 39.5 Å². The van der Waals surface area contributed by atoms with Gasteiger partial charge in [-0.05, 0) is 24.6 Å². The summed E-state index contributed by atoms with van der Waals surface area (Å²) >= 11 is 0. The van der Waals surface area contributed by atoms with Crippen molar-refractivity contribution in [2.45, 2.75) is 19.6 Å². The van der Waals surface area contributed by atoms with E-state index in [9.17, 15) is 21.6 Å². The van der Waals surface area contributed by atoms with Crippen molar-refractivity contribution in [2.24, 2.45) is 4.99 Å². The molecule has 0 aliphatic carbocycles. The highest BCUT2D eigenvalue weighted by atomic mass is 32.2. The van der Waals surface area contributed by atoms with E-state index in [1.807, 2.05) is 6.92 Å². The topological polar surface area (TPSA) is 70.6 Å². The van der Waals surface area contributed by atoms with Crippen LogP contribution in [0.2, 0.25) is 0 Å². The van der Waals surface area contributed by atoms with Crippen molar-refractivity contribution in [3.05, 3.63) is 35.4 Å². The third-order valence-corrected chi connectivity index (χ3v) is 3.76. The van der Waals surface area contributed by atoms with Gasteiger partial charge < -0.3 is 10.6 Å². The Kier molecular flexibility index (Phi) is 6.86. The number of halogens is 3. The lowest BCUT2D eigenvalue weighted by Gasteiger charge is -2.11. The number of alkyl halides is 3. The number of sulfone groups is 1. The van der Waals surface area contributed by atoms with E-state index in [0.29, 0.717) is 18.1 Å². The fourth-order valence-corrected chi connectivity index (χ4v) is 2.14. The Morgan fingerprint density at radius 3 is 2.26 bits per heavy atom. The number of rotatable bonds is 6. The highest BCUT2D eigenvalue weighted by molar-refractivity contribution is 7.90. The van der Waals surface area contributed by atoms with E-state index in [1.54, 1.807) is 0 Å². The van der Waals surface area contributed by atoms with Gasteiger partial charge in [0.25, 0.3) is 0 Å². The van der Waals surface area contributed by atoms with Crippen LogP contribution < -0.4 is 10.6 Å². The monoisotopic (exact) mass is 351 g/mol. The smallest absolute Gasteiger partial charge is 0.357 e. The van der Waals surface area contributed by atoms with Gasteiger partial charge in [0.1, 0.15) is 9.84 Å². The Morgan fingerprint density at radius 2 is 1.78 bits per heavy atom. The van der Waals surface area contributed by atoms with E-state index in [1.165, 1.54) is 12.1 Å². The number of nitrogens with zero attached hydrogens (tertiary/aromatic N) is 1. The van der Waals surface area contributed by atoms with Gasteiger partial charge in [-0.1, -0.05) is 12.1 Å². The summed E-state index contributed by atoms with van der Waals surface area (Å²) in [5.41, 5.74) is -0.0817. The summed E-state index contributed by atoms with van der Waals surface area (Å²) in [7, 11) is -3.07. The van der Waals surface area contributed by atoms with Gasteiger partial charge in [0.2, 0.25) is 0 Å². The van der Waals surface area contributed by atoms with Gasteiger partial charge >= 0.3 is 6.18 Å². The highest BCUT2D eigenvalue weighted by Gasteiger charge is 2.29. The molecule has 0 fully saturated rings. The molecule has 130 valence electrons. The summed E-state index contributed by atoms with van der Waals surface area (Å²) in [5.74, 6) is 0.383. The second-order valence-electron chi connectivity index (χ2n) is 4.95. The van der Waals surface area contributed by atoms with E-state index in [2.05, 4.69) is 15.6 Å². The average Bonchev–Trinajstić information content (AvgIpc) is 2.43. The minimum absolute atomic E-state index is 0.0301. The molecule has 1 rings (SSSR count). The van der Waals surface area contributed by atoms with Crippen molar-refractivity contribution in [1.82, 2.24) is 10.6 Å². The zero-order valence-electron chi connectivity index (χ0n) is 12.9. The van der Waals surface area contributed by atoms with Crippen LogP contribution in [-0.2, 0) is 22.6 Å². The van der Waals surface area contributed by atoms with E-state index in [4.69, 9.17) is 0 Å². The number of guanidine groups is 1. The SMILES string of the molecule is CCNC(=NCc1ccc(C(F)(F)F)cc1)NCCS(C)(=O)=O. The van der Waals surface area contributed by atoms with Crippen LogP contribution in [0, 0.1) is 0 Å². The molecule has 2 N–H and O–H groups in total. The normalized spacial score (nSPS) is 13.0. The van der Waals surface area contributed by atoms with Gasteiger partial charge in [0.05, 0.1) is 17.9 Å². The van der Waals surface area contributed by atoms with Crippen LogP contribution in [0.5, 0.6) is 0 Å². The van der Waals surface area contributed by atoms with Crippen molar-refractivity contribution in [1.29, 1.82) is 0 Å². The molecule has 0 saturated carbocycles. The first-order valence-electron chi connectivity index (χ1n) is 6.98. The number of hydrogen-bond donors (Lipinski definition) is 2. The van der Waals surface area contributed by atoms with Crippen LogP contribution in [0.15, 0.2) is 29.3 Å². The molecule has 0 radical (unpaired) electrons. The molecule has 0 aliphatic rings. The molecule has 1 aromatic rings. The van der Waals surface area contributed by atoms with Gasteiger partial charge in [0.15, 0.2) is 5.96 Å². The molecule has 0 aromatic heterocycles. The molecule has 1 aromatic carbocycles. The second-order valence-corrected chi connectivity index (χ2v) is 7.21. The molecule has 0 atom stereocenters. The Balaban J connectivity index is 2.66. The van der Waals surface area contributed by atoms with Gasteiger partial charge in [-0.15, -0.1) is 0 Å². The molecular weight excluding hydrogens is 331 g/mol. The number of hydrogen-bond acceptors (Lipinski definition) is 3. The minimum Gasteiger partial charge on any atom is -0.357 e. The average molecular weight is 351 g/mol. The lowest BCUT2D eigenvalue weighted by Crippen LogP contribution is -2.39. The minimum atomic E-state index is -4.36. The highest BCUT2D eigenvalue weighted by Crippen LogP contribution is 2.29. The molecule has 0 spiro atoms. The molecule has 0 bridgehead atoms. The van der Waals surface area contributed by atoms with E-state index in [-0.39, 0.29) is 18.8 Å². The number of nitrogens with one attached hydrogen (secondary N) is 2. The largest absolute Gasteiger partial charge is 0.416 e. The summed E-state index contributed by atoms with van der Waals surface area (Å²) in [6.45, 7) is 2.83. The predicted octanol–water partition coefficient (Wildman–Crippen LogP) is 1.81. The van der Waals surface area contributed by atoms with Gasteiger partial charge in [-0.25, -0.2) is 13.4 Å². The first kappa shape index (κ1) is 19.3. The molecular formula is C14H20F3N3O2S. The van der Waals surface area contributed by atoms with Crippen molar-refractivity contribution >= 4 is 15.8 Å². The van der Waals surface area contributed by atoms with Crippen LogP contribution in [0.4, 0.5) is 13.2 Å². The molecule has 0 unspecified atom stereocenters. The summed E-state index contributed by atoms with van der Waals surface area (Å²) in [6.07, 6.45) is -3.22. The molecule has 0 heterocycles. The van der Waals surface area contributed by atoms with Crippen molar-refractivity contribution < 1.29 is 21.6 Å². The lowest BCUT2D eigenvalue weighted by molar-refractivity contribution is -0.137. The summed E-state index contributed by atoms with van der Waals surface area (Å²) in [5, 5.41) is 5.80. The van der Waals surface area contributed by atoms with Gasteiger partial charge in [-0.2, -0.15) is 13.2 Å². The molecule has 0 saturated heterocycles. The Hall–Kier alpha value is -1.77. The predicted molar refractivity (Wildman–Crippen MR) is 84.0 cm³/mol. The molecule has 5 nitrogen and oxygen atoms in total. The van der Waals surface area contributed by atoms with Crippen molar-refractivity contribution in [3.8, 4) is 0 Å². The fourth-order valence-electron chi connectivity index (χ4n) is 1.67. The van der Waals surface area contributed by atoms with E-state index >= 15 is 0 Å². The summed E-state index contributed by atoms with van der Waals surface area (Å²) < 4.78 is 59.6. The molecule has 0 aliphatic heterocycles. The molecule has 9 heteroatoms. The van der Waals surface area contributed by atoms with Crippen LogP contribution in [0.3, 0.4) is 0 Å². The summed E-state index contributed by atoms with van der Waals surface area (Å²) in [4.78, 5) is 4.21. The maximum Gasteiger partial charge on any atom is 0.416 e. The number of aliphatic imine (C=N–C) groups is 1.